The van der Waals surface area contributed by atoms with Crippen LogP contribution in [0.3, 0.4) is 0 Å². The highest BCUT2D eigenvalue weighted by Crippen LogP contribution is 2.17. The highest BCUT2D eigenvalue weighted by Gasteiger charge is 2.02. The van der Waals surface area contributed by atoms with E-state index in [0.29, 0.717) is 0 Å². The number of likely N-dealkylation sites (N-methyl/N-ethyl adjacent to an activating group) is 1. The molecule has 0 bridgehead atoms. The molecule has 0 fully saturated rings. The molecule has 0 spiro atoms. The lowest BCUT2D eigenvalue weighted by molar-refractivity contribution is 0.415. The first-order chi connectivity index (χ1) is 6.63. The van der Waals surface area contributed by atoms with Crippen molar-refractivity contribution in [3.8, 4) is 5.75 Å². The summed E-state index contributed by atoms with van der Waals surface area (Å²) in [6, 6.07) is 8.14. The quantitative estimate of drug-likeness (QED) is 0.789. The third-order valence-corrected chi connectivity index (χ3v) is 2.08. The van der Waals surface area contributed by atoms with Gasteiger partial charge in [0.25, 0.3) is 0 Å². The fourth-order valence-electron chi connectivity index (χ4n) is 1.37. The Morgan fingerprint density at radius 2 is 1.93 bits per heavy atom. The van der Waals surface area contributed by atoms with E-state index in [2.05, 4.69) is 4.90 Å². The third kappa shape index (κ3) is 2.92. The van der Waals surface area contributed by atoms with Gasteiger partial charge in [0.15, 0.2) is 0 Å². The van der Waals surface area contributed by atoms with Crippen molar-refractivity contribution in [1.29, 1.82) is 0 Å². The normalized spacial score (nSPS) is 12.3. The number of nitrogens with zero attached hydrogens (tertiary/aromatic N) is 1. The van der Waals surface area contributed by atoms with Crippen LogP contribution in [0.15, 0.2) is 24.3 Å². The minimum Gasteiger partial charge on any atom is -0.497 e. The highest BCUT2D eigenvalue weighted by molar-refractivity contribution is 5.48. The van der Waals surface area contributed by atoms with Crippen LogP contribution < -0.4 is 15.4 Å². The number of anilines is 1. The second-order valence-corrected chi connectivity index (χ2v) is 3.56. The number of nitrogens with two attached hydrogens (primary N) is 1. The predicted molar refractivity (Wildman–Crippen MR) is 59.9 cm³/mol. The summed E-state index contributed by atoms with van der Waals surface area (Å²) in [5.41, 5.74) is 6.88. The Hall–Kier alpha value is -1.22. The van der Waals surface area contributed by atoms with Crippen LogP contribution in [0.1, 0.15) is 6.92 Å². The summed E-state index contributed by atoms with van der Waals surface area (Å²) in [5, 5.41) is 0. The Labute approximate surface area is 85.5 Å². The molecule has 3 nitrogen and oxygen atoms in total. The predicted octanol–water partition coefficient (Wildman–Crippen LogP) is 1.48. The number of hydrogen-bond donors (Lipinski definition) is 1. The molecule has 14 heavy (non-hydrogen) atoms. The molecule has 0 aliphatic carbocycles. The monoisotopic (exact) mass is 194 g/mol. The molecule has 0 aromatic heterocycles. The van der Waals surface area contributed by atoms with Crippen molar-refractivity contribution in [3.05, 3.63) is 24.3 Å². The van der Waals surface area contributed by atoms with Crippen LogP contribution >= 0.6 is 0 Å². The molecule has 0 heterocycles. The summed E-state index contributed by atoms with van der Waals surface area (Å²) in [6.07, 6.45) is 0. The molecule has 1 aromatic rings. The lowest BCUT2D eigenvalue weighted by Gasteiger charge is -2.21. The maximum Gasteiger partial charge on any atom is 0.119 e. The van der Waals surface area contributed by atoms with Crippen molar-refractivity contribution >= 4 is 5.69 Å². The summed E-state index contributed by atoms with van der Waals surface area (Å²) in [7, 11) is 3.70. The third-order valence-electron chi connectivity index (χ3n) is 2.08. The Kier molecular flexibility index (Phi) is 3.77. The van der Waals surface area contributed by atoms with Crippen LogP contribution in [0.4, 0.5) is 5.69 Å². The molecule has 0 amide bonds. The second-order valence-electron chi connectivity index (χ2n) is 3.56. The van der Waals surface area contributed by atoms with Gasteiger partial charge in [-0.15, -0.1) is 0 Å². The van der Waals surface area contributed by atoms with Gasteiger partial charge in [0.1, 0.15) is 5.75 Å². The molecular formula is C11H18N2O. The fourth-order valence-corrected chi connectivity index (χ4v) is 1.37. The van der Waals surface area contributed by atoms with Crippen molar-refractivity contribution in [1.82, 2.24) is 0 Å². The van der Waals surface area contributed by atoms with E-state index in [1.54, 1.807) is 7.11 Å². The Morgan fingerprint density at radius 3 is 2.36 bits per heavy atom. The van der Waals surface area contributed by atoms with E-state index in [0.717, 1.165) is 18.0 Å². The van der Waals surface area contributed by atoms with Gasteiger partial charge >= 0.3 is 0 Å². The average molecular weight is 194 g/mol. The Bertz CT molecular complexity index is 269. The van der Waals surface area contributed by atoms with E-state index in [-0.39, 0.29) is 6.04 Å². The molecule has 0 unspecified atom stereocenters. The van der Waals surface area contributed by atoms with Crippen molar-refractivity contribution in [2.24, 2.45) is 5.73 Å². The molecule has 3 heteroatoms. The van der Waals surface area contributed by atoms with Crippen molar-refractivity contribution < 1.29 is 4.74 Å². The molecule has 1 aromatic carbocycles. The topological polar surface area (TPSA) is 38.5 Å². The SMILES string of the molecule is COc1ccc(N(C)C[C@H](C)N)cc1. The minimum absolute atomic E-state index is 0.183. The zero-order valence-electron chi connectivity index (χ0n) is 9.03. The van der Waals surface area contributed by atoms with Crippen LogP contribution in [0.25, 0.3) is 0 Å². The summed E-state index contributed by atoms with van der Waals surface area (Å²) in [4.78, 5) is 2.13. The van der Waals surface area contributed by atoms with Crippen molar-refractivity contribution in [3.63, 3.8) is 0 Å². The molecule has 78 valence electrons. The molecular weight excluding hydrogens is 176 g/mol. The molecule has 1 atom stereocenters. The van der Waals surface area contributed by atoms with Crippen LogP contribution in [0.5, 0.6) is 5.75 Å². The van der Waals surface area contributed by atoms with Crippen molar-refractivity contribution in [2.45, 2.75) is 13.0 Å². The van der Waals surface area contributed by atoms with Crippen LogP contribution in [0, 0.1) is 0 Å². The van der Waals surface area contributed by atoms with E-state index < -0.39 is 0 Å². The molecule has 0 radical (unpaired) electrons. The molecule has 0 saturated heterocycles. The first-order valence-corrected chi connectivity index (χ1v) is 4.74. The number of rotatable bonds is 4. The fraction of sp³-hybridized carbons (Fsp3) is 0.455. The van der Waals surface area contributed by atoms with Gasteiger partial charge in [-0.05, 0) is 31.2 Å². The van der Waals surface area contributed by atoms with Gasteiger partial charge in [0.2, 0.25) is 0 Å². The first kappa shape index (κ1) is 10.9. The Morgan fingerprint density at radius 1 is 1.36 bits per heavy atom. The van der Waals surface area contributed by atoms with Gasteiger partial charge in [-0.1, -0.05) is 0 Å². The zero-order chi connectivity index (χ0) is 10.6. The van der Waals surface area contributed by atoms with E-state index in [1.165, 1.54) is 0 Å². The maximum atomic E-state index is 5.72. The highest BCUT2D eigenvalue weighted by atomic mass is 16.5. The first-order valence-electron chi connectivity index (χ1n) is 4.74. The molecule has 1 rings (SSSR count). The number of ether oxygens (including phenoxy) is 1. The molecule has 0 saturated carbocycles. The van der Waals surface area contributed by atoms with E-state index in [4.69, 9.17) is 10.5 Å². The zero-order valence-corrected chi connectivity index (χ0v) is 9.03. The molecule has 0 aliphatic heterocycles. The van der Waals surface area contributed by atoms with Gasteiger partial charge < -0.3 is 15.4 Å². The van der Waals surface area contributed by atoms with Gasteiger partial charge in [0.05, 0.1) is 7.11 Å². The number of hydrogen-bond acceptors (Lipinski definition) is 3. The van der Waals surface area contributed by atoms with Gasteiger partial charge in [-0.2, -0.15) is 0 Å². The van der Waals surface area contributed by atoms with E-state index in [1.807, 2.05) is 38.2 Å². The summed E-state index contributed by atoms with van der Waals surface area (Å²) in [5.74, 6) is 0.878. The smallest absolute Gasteiger partial charge is 0.119 e. The van der Waals surface area contributed by atoms with E-state index >= 15 is 0 Å². The lowest BCUT2D eigenvalue weighted by atomic mass is 10.2. The average Bonchev–Trinajstić information content (AvgIpc) is 2.17. The summed E-state index contributed by atoms with van der Waals surface area (Å²) < 4.78 is 5.09. The maximum absolute atomic E-state index is 5.72. The summed E-state index contributed by atoms with van der Waals surface area (Å²) in [6.45, 7) is 2.85. The van der Waals surface area contributed by atoms with Crippen LogP contribution in [0.2, 0.25) is 0 Å². The van der Waals surface area contributed by atoms with E-state index in [9.17, 15) is 0 Å². The largest absolute Gasteiger partial charge is 0.497 e. The molecule has 2 N–H and O–H groups in total. The lowest BCUT2D eigenvalue weighted by Crippen LogP contribution is -2.32. The van der Waals surface area contributed by atoms with Crippen molar-refractivity contribution in [2.75, 3.05) is 25.6 Å². The van der Waals surface area contributed by atoms with Gasteiger partial charge in [-0.25, -0.2) is 0 Å². The van der Waals surface area contributed by atoms with Crippen LogP contribution in [-0.4, -0.2) is 26.7 Å². The number of benzene rings is 1. The molecule has 0 aliphatic rings. The Balaban J connectivity index is 2.66. The minimum atomic E-state index is 0.183. The van der Waals surface area contributed by atoms with Gasteiger partial charge in [0, 0.05) is 25.3 Å². The standard InChI is InChI=1S/C11H18N2O/c1-9(12)8-13(2)10-4-6-11(14-3)7-5-10/h4-7,9H,8,12H2,1-3H3/t9-/m0/s1. The van der Waals surface area contributed by atoms with Crippen LogP contribution in [-0.2, 0) is 0 Å². The summed E-state index contributed by atoms with van der Waals surface area (Å²) >= 11 is 0. The number of methoxy groups -OCH3 is 1. The van der Waals surface area contributed by atoms with Gasteiger partial charge in [-0.3, -0.25) is 0 Å². The second kappa shape index (κ2) is 4.86.